The van der Waals surface area contributed by atoms with Crippen molar-refractivity contribution in [3.8, 4) is 0 Å². The summed E-state index contributed by atoms with van der Waals surface area (Å²) in [6, 6.07) is 13.5. The van der Waals surface area contributed by atoms with Gasteiger partial charge in [-0.15, -0.1) is 5.10 Å². The first kappa shape index (κ1) is 12.2. The van der Waals surface area contributed by atoms with Gasteiger partial charge in [-0.2, -0.15) is 10.1 Å². The Kier molecular flexibility index (Phi) is 3.55. The van der Waals surface area contributed by atoms with Crippen molar-refractivity contribution < 1.29 is 4.42 Å². The summed E-state index contributed by atoms with van der Waals surface area (Å²) in [6.07, 6.45) is 3.20. The van der Waals surface area contributed by atoms with Crippen molar-refractivity contribution in [1.29, 1.82) is 0 Å². The number of nitrogens with zero attached hydrogens (tertiary/aromatic N) is 3. The predicted molar refractivity (Wildman–Crippen MR) is 75.6 cm³/mol. The highest BCUT2D eigenvalue weighted by molar-refractivity contribution is 5.55. The van der Waals surface area contributed by atoms with E-state index >= 15 is 0 Å². The molecule has 0 aliphatic heterocycles. The lowest BCUT2D eigenvalue weighted by Crippen LogP contribution is -2.05. The van der Waals surface area contributed by atoms with Crippen LogP contribution < -0.4 is 10.6 Å². The van der Waals surface area contributed by atoms with E-state index in [0.717, 1.165) is 11.4 Å². The van der Waals surface area contributed by atoms with Gasteiger partial charge in [-0.05, 0) is 24.3 Å². The van der Waals surface area contributed by atoms with E-state index in [4.69, 9.17) is 4.42 Å². The van der Waals surface area contributed by atoms with Gasteiger partial charge >= 0.3 is 0 Å². The summed E-state index contributed by atoms with van der Waals surface area (Å²) in [5.41, 5.74) is 0.949. The lowest BCUT2D eigenvalue weighted by molar-refractivity contribution is 0.517. The highest BCUT2D eigenvalue weighted by Crippen LogP contribution is 2.13. The molecule has 0 spiro atoms. The Labute approximate surface area is 115 Å². The number of nitrogens with one attached hydrogen (secondary N) is 2. The molecule has 20 heavy (non-hydrogen) atoms. The molecule has 2 N–H and O–H groups in total. The monoisotopic (exact) mass is 267 g/mol. The van der Waals surface area contributed by atoms with Gasteiger partial charge < -0.3 is 15.1 Å². The molecule has 1 aromatic carbocycles. The maximum absolute atomic E-state index is 5.23. The van der Waals surface area contributed by atoms with Gasteiger partial charge in [0.25, 0.3) is 0 Å². The molecule has 0 unspecified atom stereocenters. The lowest BCUT2D eigenvalue weighted by atomic mass is 10.3. The van der Waals surface area contributed by atoms with Crippen molar-refractivity contribution in [1.82, 2.24) is 15.2 Å². The number of hydrogen-bond donors (Lipinski definition) is 2. The third kappa shape index (κ3) is 3.11. The summed E-state index contributed by atoms with van der Waals surface area (Å²) in [5, 5.41) is 14.1. The van der Waals surface area contributed by atoms with Crippen LogP contribution in [-0.2, 0) is 6.54 Å². The van der Waals surface area contributed by atoms with E-state index in [1.54, 1.807) is 12.5 Å². The highest BCUT2D eigenvalue weighted by atomic mass is 16.3. The lowest BCUT2D eigenvalue weighted by Gasteiger charge is -2.06. The fraction of sp³-hybridized carbons (Fsp3) is 0.0714. The van der Waals surface area contributed by atoms with Gasteiger partial charge in [0.15, 0.2) is 5.82 Å². The molecule has 3 aromatic rings. The van der Waals surface area contributed by atoms with E-state index in [-0.39, 0.29) is 0 Å². The number of aromatic nitrogens is 3. The maximum Gasteiger partial charge on any atom is 0.245 e. The van der Waals surface area contributed by atoms with Gasteiger partial charge in [-0.3, -0.25) is 0 Å². The molecule has 0 atom stereocenters. The molecule has 100 valence electrons. The van der Waals surface area contributed by atoms with Gasteiger partial charge in [0.05, 0.1) is 19.0 Å². The van der Waals surface area contributed by atoms with E-state index in [2.05, 4.69) is 25.8 Å². The summed E-state index contributed by atoms with van der Waals surface area (Å²) in [7, 11) is 0. The first-order valence-electron chi connectivity index (χ1n) is 6.18. The van der Waals surface area contributed by atoms with Crippen LogP contribution in [0.1, 0.15) is 5.76 Å². The molecule has 0 radical (unpaired) electrons. The average Bonchev–Trinajstić information content (AvgIpc) is 3.00. The standard InChI is InChI=1S/C14H13N5O/c1-2-5-11(6-3-1)17-13-10-16-19-14(18-13)15-9-12-7-4-8-20-12/h1-8,10H,9H2,(H2,15,17,18,19). The van der Waals surface area contributed by atoms with Crippen LogP contribution in [0.15, 0.2) is 59.3 Å². The highest BCUT2D eigenvalue weighted by Gasteiger charge is 2.02. The number of rotatable bonds is 5. The Morgan fingerprint density at radius 3 is 2.75 bits per heavy atom. The minimum absolute atomic E-state index is 0.447. The SMILES string of the molecule is c1ccc(Nc2cnnc(NCc3ccco3)n2)cc1. The maximum atomic E-state index is 5.23. The van der Waals surface area contributed by atoms with E-state index < -0.39 is 0 Å². The van der Waals surface area contributed by atoms with Crippen molar-refractivity contribution in [2.45, 2.75) is 6.54 Å². The van der Waals surface area contributed by atoms with Gasteiger partial charge in [-0.1, -0.05) is 18.2 Å². The molecule has 0 fully saturated rings. The first-order valence-corrected chi connectivity index (χ1v) is 6.18. The van der Waals surface area contributed by atoms with Gasteiger partial charge in [0.2, 0.25) is 5.95 Å². The van der Waals surface area contributed by atoms with Crippen molar-refractivity contribution in [2.75, 3.05) is 10.6 Å². The van der Waals surface area contributed by atoms with Crippen LogP contribution in [0.5, 0.6) is 0 Å². The summed E-state index contributed by atoms with van der Waals surface area (Å²) in [5.74, 6) is 1.89. The number of anilines is 3. The molecule has 2 heterocycles. The summed E-state index contributed by atoms with van der Waals surface area (Å²) in [6.45, 7) is 0.517. The Hall–Kier alpha value is -2.89. The Morgan fingerprint density at radius 2 is 1.95 bits per heavy atom. The average molecular weight is 267 g/mol. The Morgan fingerprint density at radius 1 is 1.05 bits per heavy atom. The molecule has 0 aliphatic carbocycles. The number of para-hydroxylation sites is 1. The molecule has 0 amide bonds. The molecule has 6 nitrogen and oxygen atoms in total. The zero-order chi connectivity index (χ0) is 13.6. The van der Waals surface area contributed by atoms with Crippen molar-refractivity contribution >= 4 is 17.5 Å². The smallest absolute Gasteiger partial charge is 0.245 e. The Balaban J connectivity index is 1.66. The topological polar surface area (TPSA) is 75.9 Å². The molecule has 0 bridgehead atoms. The second kappa shape index (κ2) is 5.83. The Bertz CT molecular complexity index is 654. The van der Waals surface area contributed by atoms with Crippen LogP contribution in [0, 0.1) is 0 Å². The van der Waals surface area contributed by atoms with Gasteiger partial charge in [0.1, 0.15) is 5.76 Å². The zero-order valence-corrected chi connectivity index (χ0v) is 10.7. The third-order valence-corrected chi connectivity index (χ3v) is 2.61. The van der Waals surface area contributed by atoms with Crippen molar-refractivity contribution in [2.24, 2.45) is 0 Å². The third-order valence-electron chi connectivity index (χ3n) is 2.61. The van der Waals surface area contributed by atoms with Crippen LogP contribution in [-0.4, -0.2) is 15.2 Å². The van der Waals surface area contributed by atoms with E-state index in [1.165, 1.54) is 0 Å². The molecule has 0 saturated carbocycles. The number of benzene rings is 1. The normalized spacial score (nSPS) is 10.2. The minimum atomic E-state index is 0.447. The number of furan rings is 1. The summed E-state index contributed by atoms with van der Waals surface area (Å²) < 4.78 is 5.23. The van der Waals surface area contributed by atoms with Crippen LogP contribution in [0.3, 0.4) is 0 Å². The van der Waals surface area contributed by atoms with E-state index in [9.17, 15) is 0 Å². The molecule has 6 heteroatoms. The second-order valence-electron chi connectivity index (χ2n) is 4.09. The first-order chi connectivity index (χ1) is 9.90. The second-order valence-corrected chi connectivity index (χ2v) is 4.09. The molecule has 3 rings (SSSR count). The van der Waals surface area contributed by atoms with Gasteiger partial charge in [0, 0.05) is 5.69 Å². The summed E-state index contributed by atoms with van der Waals surface area (Å²) in [4.78, 5) is 4.33. The van der Waals surface area contributed by atoms with Crippen LogP contribution in [0.25, 0.3) is 0 Å². The molecule has 0 saturated heterocycles. The predicted octanol–water partition coefficient (Wildman–Crippen LogP) is 2.82. The number of hydrogen-bond acceptors (Lipinski definition) is 6. The van der Waals surface area contributed by atoms with Crippen LogP contribution >= 0.6 is 0 Å². The molecule has 0 aliphatic rings. The van der Waals surface area contributed by atoms with Gasteiger partial charge in [-0.25, -0.2) is 0 Å². The quantitative estimate of drug-likeness (QED) is 0.740. The zero-order valence-electron chi connectivity index (χ0n) is 10.7. The van der Waals surface area contributed by atoms with Crippen LogP contribution in [0.2, 0.25) is 0 Å². The fourth-order valence-corrected chi connectivity index (χ4v) is 1.69. The van der Waals surface area contributed by atoms with E-state index in [0.29, 0.717) is 18.3 Å². The van der Waals surface area contributed by atoms with Crippen molar-refractivity contribution in [3.05, 3.63) is 60.7 Å². The molecule has 2 aromatic heterocycles. The minimum Gasteiger partial charge on any atom is -0.467 e. The molecular weight excluding hydrogens is 254 g/mol. The van der Waals surface area contributed by atoms with E-state index in [1.807, 2.05) is 42.5 Å². The molecular formula is C14H13N5O. The largest absolute Gasteiger partial charge is 0.467 e. The summed E-state index contributed by atoms with van der Waals surface area (Å²) >= 11 is 0. The van der Waals surface area contributed by atoms with Crippen LogP contribution in [0.4, 0.5) is 17.5 Å². The van der Waals surface area contributed by atoms with Crippen molar-refractivity contribution in [3.63, 3.8) is 0 Å². The fourth-order valence-electron chi connectivity index (χ4n) is 1.69.